The zero-order valence-electron chi connectivity index (χ0n) is 22.5. The van der Waals surface area contributed by atoms with Gasteiger partial charge in [0.25, 0.3) is 0 Å². The average Bonchev–Trinajstić information content (AvgIpc) is 3.69. The Morgan fingerprint density at radius 2 is 2.03 bits per heavy atom. The van der Waals surface area contributed by atoms with E-state index in [1.54, 1.807) is 0 Å². The topological polar surface area (TPSA) is 98.7 Å². The van der Waals surface area contributed by atoms with Gasteiger partial charge in [-0.2, -0.15) is 5.21 Å². The molecule has 0 aliphatic carbocycles. The van der Waals surface area contributed by atoms with Crippen LogP contribution in [0.2, 0.25) is 0 Å². The molecule has 5 rings (SSSR count). The van der Waals surface area contributed by atoms with Crippen LogP contribution in [0.4, 0.5) is 0 Å². The lowest BCUT2D eigenvalue weighted by Crippen LogP contribution is -2.37. The van der Waals surface area contributed by atoms with E-state index in [0.717, 1.165) is 61.3 Å². The Labute approximate surface area is 222 Å². The van der Waals surface area contributed by atoms with Crippen molar-refractivity contribution in [2.75, 3.05) is 0 Å². The van der Waals surface area contributed by atoms with Crippen LogP contribution >= 0.6 is 0 Å². The number of nitrogens with zero attached hydrogens (tertiary/aromatic N) is 7. The van der Waals surface area contributed by atoms with Gasteiger partial charge in [-0.25, -0.2) is 4.79 Å². The number of rotatable bonds is 11. The van der Waals surface area contributed by atoms with Crippen molar-refractivity contribution in [2.24, 2.45) is 4.99 Å². The number of nitrogens with one attached hydrogen (secondary N) is 1. The molecular formula is C29H36N8O. The van der Waals surface area contributed by atoms with Gasteiger partial charge in [0.2, 0.25) is 5.82 Å². The first-order valence-electron chi connectivity index (χ1n) is 13.6. The van der Waals surface area contributed by atoms with Crippen LogP contribution in [-0.4, -0.2) is 40.5 Å². The molecule has 1 unspecified atom stereocenters. The van der Waals surface area contributed by atoms with E-state index in [4.69, 9.17) is 0 Å². The number of aryl methyl sites for hydroxylation is 3. The van der Waals surface area contributed by atoms with E-state index >= 15 is 0 Å². The molecule has 0 fully saturated rings. The second-order valence-electron chi connectivity index (χ2n) is 10.00. The summed E-state index contributed by atoms with van der Waals surface area (Å²) in [5.74, 6) is 1.54. The second-order valence-corrected chi connectivity index (χ2v) is 10.00. The predicted octanol–water partition coefficient (Wildman–Crippen LogP) is 4.86. The highest BCUT2D eigenvalue weighted by molar-refractivity contribution is 5.65. The number of allylic oxidation sites excluding steroid dienone is 1. The molecule has 3 aromatic heterocycles. The van der Waals surface area contributed by atoms with Gasteiger partial charge in [-0.1, -0.05) is 51.5 Å². The molecule has 1 aliphatic rings. The fourth-order valence-electron chi connectivity index (χ4n) is 5.39. The van der Waals surface area contributed by atoms with Gasteiger partial charge in [-0.15, -0.1) is 10.2 Å². The van der Waals surface area contributed by atoms with Gasteiger partial charge in [0.15, 0.2) is 0 Å². The highest BCUT2D eigenvalue weighted by Crippen LogP contribution is 2.35. The monoisotopic (exact) mass is 512 g/mol. The summed E-state index contributed by atoms with van der Waals surface area (Å²) in [6.07, 6.45) is 15.6. The zero-order chi connectivity index (χ0) is 26.5. The third kappa shape index (κ3) is 4.80. The third-order valence-corrected chi connectivity index (χ3v) is 7.46. The summed E-state index contributed by atoms with van der Waals surface area (Å²) < 4.78 is 6.08. The van der Waals surface area contributed by atoms with Crippen molar-refractivity contribution >= 4 is 6.21 Å². The highest BCUT2D eigenvalue weighted by atomic mass is 16.1. The molecule has 9 heteroatoms. The largest absolute Gasteiger partial charge is 0.334 e. The Hall–Kier alpha value is -4.01. The minimum absolute atomic E-state index is 0.00599. The molecule has 1 atom stereocenters. The quantitative estimate of drug-likeness (QED) is 0.310. The molecule has 4 aromatic rings. The van der Waals surface area contributed by atoms with E-state index in [0.29, 0.717) is 18.8 Å². The number of hydrogen-bond acceptors (Lipinski definition) is 5. The molecular weight excluding hydrogens is 476 g/mol. The van der Waals surface area contributed by atoms with Crippen LogP contribution in [0.25, 0.3) is 17.2 Å². The minimum atomic E-state index is -0.433. The smallest absolute Gasteiger partial charge is 0.334 e. The standard InChI is InChI=1S/C29H36N8O/c1-4-7-11-25-20-36(27-22(6-3)12-18-35(27)17-5-2)28(38)37(25)21-29(13-15-30-16-14-29)24-10-8-9-23(19-24)26-31-33-34-32-26/h8-10,12-13,15-16,18-20H,4-7,11,14,17,21H2,1-3H3,(H,31,32,33,34). The fraction of sp³-hybridized carbons (Fsp3) is 0.414. The summed E-state index contributed by atoms with van der Waals surface area (Å²) in [6.45, 7) is 7.90. The van der Waals surface area contributed by atoms with Crippen molar-refractivity contribution in [3.05, 3.63) is 82.3 Å². The van der Waals surface area contributed by atoms with Gasteiger partial charge in [-0.3, -0.25) is 14.1 Å². The molecule has 0 amide bonds. The van der Waals surface area contributed by atoms with Crippen molar-refractivity contribution in [1.82, 2.24) is 34.3 Å². The molecule has 9 nitrogen and oxygen atoms in total. The number of aliphatic imine (C=N–C) groups is 1. The minimum Gasteiger partial charge on any atom is -0.334 e. The molecule has 0 saturated carbocycles. The normalized spacial score (nSPS) is 16.9. The second kappa shape index (κ2) is 11.2. The van der Waals surface area contributed by atoms with Crippen molar-refractivity contribution in [3.8, 4) is 17.2 Å². The first-order valence-corrected chi connectivity index (χ1v) is 13.6. The van der Waals surface area contributed by atoms with Crippen molar-refractivity contribution in [3.63, 3.8) is 0 Å². The molecule has 0 radical (unpaired) electrons. The van der Waals surface area contributed by atoms with Gasteiger partial charge in [0.05, 0.1) is 0 Å². The van der Waals surface area contributed by atoms with E-state index in [1.807, 2.05) is 33.7 Å². The van der Waals surface area contributed by atoms with Crippen molar-refractivity contribution < 1.29 is 0 Å². The highest BCUT2D eigenvalue weighted by Gasteiger charge is 2.33. The Kier molecular flexibility index (Phi) is 7.53. The molecule has 0 bridgehead atoms. The number of aromatic nitrogens is 7. The van der Waals surface area contributed by atoms with Gasteiger partial charge in [-0.05, 0) is 60.6 Å². The molecule has 0 spiro atoms. The van der Waals surface area contributed by atoms with E-state index < -0.39 is 5.41 Å². The summed E-state index contributed by atoms with van der Waals surface area (Å²) in [4.78, 5) is 18.6. The lowest BCUT2D eigenvalue weighted by Gasteiger charge is -2.32. The van der Waals surface area contributed by atoms with Gasteiger partial charge in [0.1, 0.15) is 5.82 Å². The number of unbranched alkanes of at least 4 members (excludes halogenated alkanes) is 1. The Bertz CT molecular complexity index is 1490. The number of aromatic amines is 1. The van der Waals surface area contributed by atoms with E-state index in [1.165, 1.54) is 5.56 Å². The maximum Gasteiger partial charge on any atom is 0.334 e. The number of imidazole rings is 1. The molecule has 4 heterocycles. The lowest BCUT2D eigenvalue weighted by atomic mass is 9.76. The summed E-state index contributed by atoms with van der Waals surface area (Å²) in [5.41, 5.74) is 3.79. The zero-order valence-corrected chi connectivity index (χ0v) is 22.5. The van der Waals surface area contributed by atoms with Gasteiger partial charge < -0.3 is 4.57 Å². The predicted molar refractivity (Wildman–Crippen MR) is 150 cm³/mol. The van der Waals surface area contributed by atoms with Crippen molar-refractivity contribution in [1.29, 1.82) is 0 Å². The molecule has 38 heavy (non-hydrogen) atoms. The first-order chi connectivity index (χ1) is 18.6. The molecule has 1 aromatic carbocycles. The van der Waals surface area contributed by atoms with Crippen LogP contribution < -0.4 is 5.69 Å². The SMILES string of the molecule is CCCCc1cn(-c2c(CC)ccn2CCC)c(=O)n1CC1(c2cccc(-c3nn[nH]n3)c2)C=CN=CC1. The van der Waals surface area contributed by atoms with Crippen LogP contribution in [0, 0.1) is 0 Å². The Morgan fingerprint density at radius 1 is 1.13 bits per heavy atom. The average molecular weight is 513 g/mol. The summed E-state index contributed by atoms with van der Waals surface area (Å²) >= 11 is 0. The number of benzene rings is 1. The van der Waals surface area contributed by atoms with Crippen LogP contribution in [0.1, 0.15) is 63.3 Å². The first kappa shape index (κ1) is 25.6. The van der Waals surface area contributed by atoms with E-state index in [2.05, 4.69) is 87.6 Å². The van der Waals surface area contributed by atoms with E-state index in [9.17, 15) is 4.79 Å². The molecule has 0 saturated heterocycles. The van der Waals surface area contributed by atoms with Crippen LogP contribution in [0.3, 0.4) is 0 Å². The lowest BCUT2D eigenvalue weighted by molar-refractivity contribution is 0.438. The Balaban J connectivity index is 1.63. The van der Waals surface area contributed by atoms with Crippen LogP contribution in [0.15, 0.2) is 64.8 Å². The molecule has 198 valence electrons. The van der Waals surface area contributed by atoms with Crippen molar-refractivity contribution in [2.45, 2.75) is 77.8 Å². The fourth-order valence-corrected chi connectivity index (χ4v) is 5.39. The Morgan fingerprint density at radius 3 is 2.74 bits per heavy atom. The maximum absolute atomic E-state index is 14.2. The summed E-state index contributed by atoms with van der Waals surface area (Å²) in [5, 5.41) is 14.6. The summed E-state index contributed by atoms with van der Waals surface area (Å²) in [6, 6.07) is 10.4. The third-order valence-electron chi connectivity index (χ3n) is 7.46. The maximum atomic E-state index is 14.2. The van der Waals surface area contributed by atoms with Gasteiger partial charge >= 0.3 is 5.69 Å². The number of tetrazole rings is 1. The van der Waals surface area contributed by atoms with Crippen LogP contribution in [0.5, 0.6) is 0 Å². The van der Waals surface area contributed by atoms with E-state index in [-0.39, 0.29) is 5.69 Å². The number of hydrogen-bond donors (Lipinski definition) is 1. The van der Waals surface area contributed by atoms with Crippen LogP contribution in [-0.2, 0) is 31.3 Å². The molecule has 1 N–H and O–H groups in total. The number of H-pyrrole nitrogens is 1. The van der Waals surface area contributed by atoms with Gasteiger partial charge in [0, 0.05) is 54.6 Å². The summed E-state index contributed by atoms with van der Waals surface area (Å²) in [7, 11) is 0. The molecule has 1 aliphatic heterocycles.